The van der Waals surface area contributed by atoms with Gasteiger partial charge in [-0.25, -0.2) is 4.79 Å². The maximum absolute atomic E-state index is 12.2. The minimum Gasteiger partial charge on any atom is -0.445 e. The Kier molecular flexibility index (Phi) is 6.37. The molecule has 0 aliphatic rings. The number of benzene rings is 2. The van der Waals surface area contributed by atoms with Crippen molar-refractivity contribution in [2.24, 2.45) is 0 Å². The van der Waals surface area contributed by atoms with E-state index >= 15 is 0 Å². The lowest BCUT2D eigenvalue weighted by Gasteiger charge is -2.20. The number of hydrogen-bond donors (Lipinski definition) is 0. The Morgan fingerprint density at radius 3 is 2.12 bits per heavy atom. The van der Waals surface area contributed by atoms with Gasteiger partial charge in [-0.3, -0.25) is 4.79 Å². The predicted molar refractivity (Wildman–Crippen MR) is 93.7 cm³/mol. The van der Waals surface area contributed by atoms with Gasteiger partial charge in [0, 0.05) is 32.7 Å². The average molecular weight is 326 g/mol. The third kappa shape index (κ3) is 5.12. The number of hydrogen-bond acceptors (Lipinski definition) is 3. The Morgan fingerprint density at radius 1 is 0.917 bits per heavy atom. The summed E-state index contributed by atoms with van der Waals surface area (Å²) in [5.74, 6) is -0.0519. The van der Waals surface area contributed by atoms with Crippen LogP contribution in [0.1, 0.15) is 12.0 Å². The number of rotatable bonds is 6. The molecule has 0 radical (unpaired) electrons. The van der Waals surface area contributed by atoms with Crippen LogP contribution < -0.4 is 4.90 Å². The SMILES string of the molecule is CN(CCC(=O)N(C)c1ccccc1)C(=O)OCc1ccccc1. The van der Waals surface area contributed by atoms with Crippen LogP contribution in [-0.2, 0) is 16.1 Å². The second-order valence-corrected chi connectivity index (χ2v) is 5.50. The van der Waals surface area contributed by atoms with Crippen molar-refractivity contribution in [1.29, 1.82) is 0 Å². The predicted octanol–water partition coefficient (Wildman–Crippen LogP) is 3.31. The molecular formula is C19H22N2O3. The highest BCUT2D eigenvalue weighted by molar-refractivity contribution is 5.93. The normalized spacial score (nSPS) is 10.1. The van der Waals surface area contributed by atoms with Crippen molar-refractivity contribution < 1.29 is 14.3 Å². The monoisotopic (exact) mass is 326 g/mol. The zero-order valence-corrected chi connectivity index (χ0v) is 14.0. The molecule has 2 rings (SSSR count). The molecular weight excluding hydrogens is 304 g/mol. The number of anilines is 1. The minimum absolute atomic E-state index is 0.0519. The highest BCUT2D eigenvalue weighted by Crippen LogP contribution is 2.12. The summed E-state index contributed by atoms with van der Waals surface area (Å²) < 4.78 is 5.23. The number of ether oxygens (including phenoxy) is 1. The Balaban J connectivity index is 1.76. The van der Waals surface area contributed by atoms with E-state index in [0.717, 1.165) is 11.3 Å². The van der Waals surface area contributed by atoms with Gasteiger partial charge in [-0.15, -0.1) is 0 Å². The Hall–Kier alpha value is -2.82. The van der Waals surface area contributed by atoms with E-state index in [1.807, 2.05) is 60.7 Å². The number of carbonyl (C=O) groups excluding carboxylic acids is 2. The van der Waals surface area contributed by atoms with E-state index in [4.69, 9.17) is 4.74 Å². The second-order valence-electron chi connectivity index (χ2n) is 5.50. The van der Waals surface area contributed by atoms with Crippen LogP contribution in [0.3, 0.4) is 0 Å². The molecule has 0 aromatic heterocycles. The van der Waals surface area contributed by atoms with E-state index in [0.29, 0.717) is 6.54 Å². The highest BCUT2D eigenvalue weighted by Gasteiger charge is 2.15. The Bertz CT molecular complexity index is 659. The van der Waals surface area contributed by atoms with Crippen LogP contribution in [0.4, 0.5) is 10.5 Å². The first-order valence-corrected chi connectivity index (χ1v) is 7.81. The zero-order valence-electron chi connectivity index (χ0n) is 14.0. The highest BCUT2D eigenvalue weighted by atomic mass is 16.6. The molecule has 0 spiro atoms. The van der Waals surface area contributed by atoms with Crippen molar-refractivity contribution in [3.05, 3.63) is 66.2 Å². The second kappa shape index (κ2) is 8.72. The van der Waals surface area contributed by atoms with Crippen molar-refractivity contribution in [2.75, 3.05) is 25.5 Å². The summed E-state index contributed by atoms with van der Waals surface area (Å²) in [4.78, 5) is 27.1. The lowest BCUT2D eigenvalue weighted by molar-refractivity contribution is -0.118. The van der Waals surface area contributed by atoms with Crippen LogP contribution in [0.5, 0.6) is 0 Å². The molecule has 0 aliphatic heterocycles. The van der Waals surface area contributed by atoms with Gasteiger partial charge in [-0.1, -0.05) is 48.5 Å². The fraction of sp³-hybridized carbons (Fsp3) is 0.263. The molecule has 2 amide bonds. The van der Waals surface area contributed by atoms with Crippen molar-refractivity contribution in [1.82, 2.24) is 4.90 Å². The lowest BCUT2D eigenvalue weighted by atomic mass is 10.2. The summed E-state index contributed by atoms with van der Waals surface area (Å²) in [6.45, 7) is 0.533. The Morgan fingerprint density at radius 2 is 1.50 bits per heavy atom. The third-order valence-electron chi connectivity index (χ3n) is 3.70. The maximum Gasteiger partial charge on any atom is 0.409 e. The molecule has 0 bridgehead atoms. The van der Waals surface area contributed by atoms with Gasteiger partial charge in [0.15, 0.2) is 0 Å². The van der Waals surface area contributed by atoms with Crippen LogP contribution in [0.15, 0.2) is 60.7 Å². The maximum atomic E-state index is 12.2. The van der Waals surface area contributed by atoms with Gasteiger partial charge in [0.05, 0.1) is 0 Å². The van der Waals surface area contributed by atoms with Crippen LogP contribution in [0.25, 0.3) is 0 Å². The quantitative estimate of drug-likeness (QED) is 0.818. The van der Waals surface area contributed by atoms with Gasteiger partial charge in [-0.2, -0.15) is 0 Å². The van der Waals surface area contributed by atoms with Crippen molar-refractivity contribution in [2.45, 2.75) is 13.0 Å². The molecule has 2 aromatic rings. The largest absolute Gasteiger partial charge is 0.445 e. The van der Waals surface area contributed by atoms with Crippen molar-refractivity contribution >= 4 is 17.7 Å². The number of carbonyl (C=O) groups is 2. The number of amides is 2. The van der Waals surface area contributed by atoms with Crippen LogP contribution >= 0.6 is 0 Å². The first-order valence-electron chi connectivity index (χ1n) is 7.81. The summed E-state index contributed by atoms with van der Waals surface area (Å²) >= 11 is 0. The first kappa shape index (κ1) is 17.5. The number of para-hydroxylation sites is 1. The fourth-order valence-electron chi connectivity index (χ4n) is 2.15. The third-order valence-corrected chi connectivity index (χ3v) is 3.70. The van der Waals surface area contributed by atoms with Gasteiger partial charge in [0.25, 0.3) is 0 Å². The molecule has 126 valence electrons. The first-order chi connectivity index (χ1) is 11.6. The molecule has 2 aromatic carbocycles. The van der Waals surface area contributed by atoms with Crippen LogP contribution in [0, 0.1) is 0 Å². The number of nitrogens with zero attached hydrogens (tertiary/aromatic N) is 2. The topological polar surface area (TPSA) is 49.9 Å². The van der Waals surface area contributed by atoms with Gasteiger partial charge < -0.3 is 14.5 Å². The molecule has 24 heavy (non-hydrogen) atoms. The molecule has 0 saturated heterocycles. The van der Waals surface area contributed by atoms with Gasteiger partial charge >= 0.3 is 6.09 Å². The molecule has 5 nitrogen and oxygen atoms in total. The summed E-state index contributed by atoms with van der Waals surface area (Å²) in [6.07, 6.45) is -0.198. The molecule has 5 heteroatoms. The van der Waals surface area contributed by atoms with Gasteiger partial charge in [0.1, 0.15) is 6.61 Å². The Labute approximate surface area is 142 Å². The van der Waals surface area contributed by atoms with E-state index in [1.165, 1.54) is 4.90 Å². The molecule has 0 heterocycles. The smallest absolute Gasteiger partial charge is 0.409 e. The summed E-state index contributed by atoms with van der Waals surface area (Å²) in [7, 11) is 3.36. The van der Waals surface area contributed by atoms with Crippen LogP contribution in [-0.4, -0.2) is 37.5 Å². The summed E-state index contributed by atoms with van der Waals surface area (Å²) in [6, 6.07) is 18.9. The molecule has 0 atom stereocenters. The summed E-state index contributed by atoms with van der Waals surface area (Å²) in [5, 5.41) is 0. The van der Waals surface area contributed by atoms with Gasteiger partial charge in [0.2, 0.25) is 5.91 Å². The van der Waals surface area contributed by atoms with Crippen LogP contribution in [0.2, 0.25) is 0 Å². The fourth-order valence-corrected chi connectivity index (χ4v) is 2.15. The van der Waals surface area contributed by atoms with E-state index < -0.39 is 6.09 Å². The minimum atomic E-state index is -0.436. The van der Waals surface area contributed by atoms with E-state index in [-0.39, 0.29) is 18.9 Å². The zero-order chi connectivity index (χ0) is 17.4. The standard InChI is InChI=1S/C19H22N2O3/c1-20(19(23)24-15-16-9-5-3-6-10-16)14-13-18(22)21(2)17-11-7-4-8-12-17/h3-12H,13-15H2,1-2H3. The molecule has 0 unspecified atom stereocenters. The summed E-state index contributed by atoms with van der Waals surface area (Å²) in [5.41, 5.74) is 1.76. The van der Waals surface area contributed by atoms with E-state index in [1.54, 1.807) is 19.0 Å². The molecule has 0 fully saturated rings. The van der Waals surface area contributed by atoms with Crippen molar-refractivity contribution in [3.63, 3.8) is 0 Å². The lowest BCUT2D eigenvalue weighted by Crippen LogP contribution is -2.33. The van der Waals surface area contributed by atoms with Gasteiger partial charge in [-0.05, 0) is 17.7 Å². The van der Waals surface area contributed by atoms with E-state index in [9.17, 15) is 9.59 Å². The van der Waals surface area contributed by atoms with Crippen molar-refractivity contribution in [3.8, 4) is 0 Å². The van der Waals surface area contributed by atoms with E-state index in [2.05, 4.69) is 0 Å². The molecule has 0 aliphatic carbocycles. The average Bonchev–Trinajstić information content (AvgIpc) is 2.64. The molecule has 0 N–H and O–H groups in total. The molecule has 0 saturated carbocycles.